The number of fused-ring (bicyclic) bond motifs is 3. The lowest BCUT2D eigenvalue weighted by Gasteiger charge is -2.45. The van der Waals surface area contributed by atoms with Gasteiger partial charge in [0.2, 0.25) is 5.91 Å². The summed E-state index contributed by atoms with van der Waals surface area (Å²) in [6.07, 6.45) is 4.21. The molecule has 32 heavy (non-hydrogen) atoms. The van der Waals surface area contributed by atoms with Crippen molar-refractivity contribution in [2.75, 3.05) is 4.90 Å². The molecule has 1 atom stereocenters. The van der Waals surface area contributed by atoms with E-state index in [-0.39, 0.29) is 17.9 Å². The third-order valence-corrected chi connectivity index (χ3v) is 8.49. The molecule has 168 valence electrons. The minimum atomic E-state index is -1.07. The van der Waals surface area contributed by atoms with Crippen molar-refractivity contribution < 1.29 is 9.59 Å². The molecule has 1 aliphatic carbocycles. The zero-order valence-corrected chi connectivity index (χ0v) is 20.2. The van der Waals surface area contributed by atoms with E-state index < -0.39 is 5.54 Å². The Morgan fingerprint density at radius 2 is 1.97 bits per heavy atom. The minimum Gasteiger partial charge on any atom is -0.351 e. The second-order valence-electron chi connectivity index (χ2n) is 9.51. The summed E-state index contributed by atoms with van der Waals surface area (Å²) >= 11 is 8.04. The number of thiophene rings is 1. The number of hydrogen-bond donors (Lipinski definition) is 1. The molecule has 2 aromatic heterocycles. The molecule has 1 saturated carbocycles. The predicted octanol–water partition coefficient (Wildman–Crippen LogP) is 5.78. The first-order chi connectivity index (χ1) is 15.3. The maximum Gasteiger partial charge on any atom is 0.275 e. The third kappa shape index (κ3) is 3.35. The number of carbonyl (C=O) groups excluding carboxylic acids is 2. The van der Waals surface area contributed by atoms with Crippen molar-refractivity contribution in [2.45, 2.75) is 64.6 Å². The normalized spacial score (nSPS) is 25.8. The van der Waals surface area contributed by atoms with Crippen LogP contribution in [0.15, 0.2) is 35.7 Å². The smallest absolute Gasteiger partial charge is 0.275 e. The van der Waals surface area contributed by atoms with Crippen LogP contribution in [0.25, 0.3) is 10.2 Å². The molecule has 2 aliphatic rings. The number of halogens is 1. The standard InChI is InChI=1S/C25H28ClN3O2S/c1-15-7-9-17(10-8-15)27-24(31)25(3)14-28-20-11-12-32-22(20)13-21(28)23(30)29(25)19-6-4-5-18(26)16(19)2/h4-6,11-13,15,17H,7-10,14H2,1-3H3,(H,27,31). The fourth-order valence-electron chi connectivity index (χ4n) is 5.17. The van der Waals surface area contributed by atoms with Gasteiger partial charge in [-0.3, -0.25) is 14.5 Å². The molecule has 0 spiro atoms. The van der Waals surface area contributed by atoms with Gasteiger partial charge in [0.05, 0.1) is 16.8 Å². The first kappa shape index (κ1) is 21.5. The van der Waals surface area contributed by atoms with Gasteiger partial charge in [-0.1, -0.05) is 24.6 Å². The van der Waals surface area contributed by atoms with Crippen LogP contribution in [-0.4, -0.2) is 28.0 Å². The first-order valence-corrected chi connectivity index (χ1v) is 12.5. The van der Waals surface area contributed by atoms with Crippen LogP contribution in [0.5, 0.6) is 0 Å². The second kappa shape index (κ2) is 7.92. The van der Waals surface area contributed by atoms with Crippen LogP contribution >= 0.6 is 22.9 Å². The average Bonchev–Trinajstić information content (AvgIpc) is 3.35. The van der Waals surface area contributed by atoms with Crippen LogP contribution in [0, 0.1) is 12.8 Å². The molecule has 5 nitrogen and oxygen atoms in total. The molecule has 0 radical (unpaired) electrons. The summed E-state index contributed by atoms with van der Waals surface area (Å²) in [6, 6.07) is 9.65. The van der Waals surface area contributed by atoms with Gasteiger partial charge in [-0.25, -0.2) is 0 Å². The number of amides is 2. The molecule has 2 amide bonds. The molecule has 1 aliphatic heterocycles. The Hall–Kier alpha value is -2.31. The Morgan fingerprint density at radius 1 is 1.22 bits per heavy atom. The fraction of sp³-hybridized carbons (Fsp3) is 0.440. The third-order valence-electron chi connectivity index (χ3n) is 7.22. The van der Waals surface area contributed by atoms with Gasteiger partial charge in [0.25, 0.3) is 5.91 Å². The van der Waals surface area contributed by atoms with Crippen LogP contribution in [0.3, 0.4) is 0 Å². The summed E-state index contributed by atoms with van der Waals surface area (Å²) < 4.78 is 3.06. The van der Waals surface area contributed by atoms with Gasteiger partial charge in [0.15, 0.2) is 0 Å². The van der Waals surface area contributed by atoms with Crippen molar-refractivity contribution in [1.82, 2.24) is 9.88 Å². The van der Waals surface area contributed by atoms with Crippen molar-refractivity contribution in [3.8, 4) is 0 Å². The van der Waals surface area contributed by atoms with Crippen LogP contribution in [0.4, 0.5) is 5.69 Å². The number of benzene rings is 1. The van der Waals surface area contributed by atoms with Gasteiger partial charge in [0.1, 0.15) is 11.2 Å². The molecule has 5 rings (SSSR count). The SMILES string of the molecule is Cc1c(Cl)cccc1N1C(=O)c2cc3sccc3n2CC1(C)C(=O)NC1CCC(C)CC1. The Bertz CT molecular complexity index is 1210. The topological polar surface area (TPSA) is 54.3 Å². The molecule has 1 N–H and O–H groups in total. The molecule has 1 aromatic carbocycles. The number of aromatic nitrogens is 1. The highest BCUT2D eigenvalue weighted by Crippen LogP contribution is 2.39. The van der Waals surface area contributed by atoms with Crippen LogP contribution in [-0.2, 0) is 11.3 Å². The number of carbonyl (C=O) groups is 2. The largest absolute Gasteiger partial charge is 0.351 e. The zero-order chi connectivity index (χ0) is 22.6. The molecular formula is C25H28ClN3O2S. The first-order valence-electron chi connectivity index (χ1n) is 11.3. The Kier molecular flexibility index (Phi) is 5.33. The van der Waals surface area contributed by atoms with Gasteiger partial charge < -0.3 is 9.88 Å². The number of nitrogens with one attached hydrogen (secondary N) is 1. The van der Waals surface area contributed by atoms with E-state index in [9.17, 15) is 9.59 Å². The number of hydrogen-bond acceptors (Lipinski definition) is 3. The lowest BCUT2D eigenvalue weighted by Crippen LogP contribution is -2.65. The van der Waals surface area contributed by atoms with E-state index in [1.165, 1.54) is 0 Å². The predicted molar refractivity (Wildman–Crippen MR) is 131 cm³/mol. The lowest BCUT2D eigenvalue weighted by molar-refractivity contribution is -0.127. The summed E-state index contributed by atoms with van der Waals surface area (Å²) in [6.45, 7) is 6.45. The number of nitrogens with zero attached hydrogens (tertiary/aromatic N) is 2. The van der Waals surface area contributed by atoms with Crippen molar-refractivity contribution in [2.24, 2.45) is 5.92 Å². The van der Waals surface area contributed by atoms with Gasteiger partial charge in [-0.2, -0.15) is 0 Å². The number of anilines is 1. The van der Waals surface area contributed by atoms with Gasteiger partial charge in [0, 0.05) is 16.8 Å². The van der Waals surface area contributed by atoms with Crippen LogP contribution < -0.4 is 10.2 Å². The van der Waals surface area contributed by atoms with E-state index in [4.69, 9.17) is 11.6 Å². The summed E-state index contributed by atoms with van der Waals surface area (Å²) in [7, 11) is 0. The summed E-state index contributed by atoms with van der Waals surface area (Å²) in [5, 5.41) is 5.90. The highest BCUT2D eigenvalue weighted by molar-refractivity contribution is 7.17. The van der Waals surface area contributed by atoms with E-state index in [0.717, 1.165) is 41.5 Å². The van der Waals surface area contributed by atoms with Crippen LogP contribution in [0.2, 0.25) is 5.02 Å². The molecular weight excluding hydrogens is 442 g/mol. The highest BCUT2D eigenvalue weighted by Gasteiger charge is 2.49. The Balaban J connectivity index is 1.60. The molecule has 0 bridgehead atoms. The highest BCUT2D eigenvalue weighted by atomic mass is 35.5. The van der Waals surface area contributed by atoms with E-state index in [2.05, 4.69) is 12.2 Å². The molecule has 0 saturated heterocycles. The maximum absolute atomic E-state index is 13.9. The van der Waals surface area contributed by atoms with E-state index >= 15 is 0 Å². The van der Waals surface area contributed by atoms with E-state index in [1.807, 2.05) is 54.1 Å². The Morgan fingerprint density at radius 3 is 2.72 bits per heavy atom. The van der Waals surface area contributed by atoms with Crippen molar-refractivity contribution in [3.63, 3.8) is 0 Å². The molecule has 1 fully saturated rings. The average molecular weight is 470 g/mol. The van der Waals surface area contributed by atoms with Gasteiger partial charge >= 0.3 is 0 Å². The molecule has 1 unspecified atom stereocenters. The van der Waals surface area contributed by atoms with Gasteiger partial charge in [-0.05, 0) is 80.7 Å². The Labute approximate surface area is 197 Å². The van der Waals surface area contributed by atoms with E-state index in [1.54, 1.807) is 16.2 Å². The monoisotopic (exact) mass is 469 g/mol. The van der Waals surface area contributed by atoms with Crippen molar-refractivity contribution >= 4 is 50.7 Å². The quantitative estimate of drug-likeness (QED) is 0.528. The van der Waals surface area contributed by atoms with E-state index in [0.29, 0.717) is 28.9 Å². The van der Waals surface area contributed by atoms with Crippen molar-refractivity contribution in [3.05, 3.63) is 52.0 Å². The summed E-state index contributed by atoms with van der Waals surface area (Å²) in [5.74, 6) is 0.433. The maximum atomic E-state index is 13.9. The summed E-state index contributed by atoms with van der Waals surface area (Å²) in [5.41, 5.74) is 2.04. The molecule has 3 heterocycles. The zero-order valence-electron chi connectivity index (χ0n) is 18.7. The summed E-state index contributed by atoms with van der Waals surface area (Å²) in [4.78, 5) is 29.4. The van der Waals surface area contributed by atoms with Gasteiger partial charge in [-0.15, -0.1) is 11.3 Å². The molecule has 3 aromatic rings. The second-order valence-corrected chi connectivity index (χ2v) is 10.9. The van der Waals surface area contributed by atoms with Crippen molar-refractivity contribution in [1.29, 1.82) is 0 Å². The molecule has 7 heteroatoms. The van der Waals surface area contributed by atoms with Crippen LogP contribution in [0.1, 0.15) is 55.6 Å². The lowest BCUT2D eigenvalue weighted by atomic mass is 9.86. The fourth-order valence-corrected chi connectivity index (χ4v) is 6.17. The number of rotatable bonds is 3. The minimum absolute atomic E-state index is 0.104.